The van der Waals surface area contributed by atoms with Crippen LogP contribution < -0.4 is 4.74 Å². The molecule has 5 nitrogen and oxygen atoms in total. The smallest absolute Gasteiger partial charge is 0.314 e. The number of phenols is 1. The second-order valence-corrected chi connectivity index (χ2v) is 7.40. The Morgan fingerprint density at radius 1 is 0.960 bits per heavy atom. The lowest BCUT2D eigenvalue weighted by atomic mass is 9.86. The topological polar surface area (TPSA) is 76.0 Å². The summed E-state index contributed by atoms with van der Waals surface area (Å²) in [6.07, 6.45) is 7.39. The van der Waals surface area contributed by atoms with Crippen LogP contribution in [-0.2, 0) is 9.53 Å². The third-order valence-electron chi connectivity index (χ3n) is 5.45. The van der Waals surface area contributed by atoms with Crippen molar-refractivity contribution in [3.05, 3.63) is 24.3 Å². The number of benzene rings is 1. The maximum Gasteiger partial charge on any atom is 0.314 e. The molecule has 138 valence electrons. The molecule has 0 unspecified atom stereocenters. The molecule has 3 rings (SSSR count). The fraction of sp³-hybridized carbons (Fsp3) is 0.650. The summed E-state index contributed by atoms with van der Waals surface area (Å²) in [5, 5.41) is 18.8. The van der Waals surface area contributed by atoms with Crippen LogP contribution in [0.4, 0.5) is 0 Å². The molecular formula is C20H28O5. The highest BCUT2D eigenvalue weighted by Crippen LogP contribution is 2.30. The fourth-order valence-corrected chi connectivity index (χ4v) is 3.76. The standard InChI is InChI=1S/C20H28O5/c21-16-5-1-14(2-6-16)13-24-18-9-3-15(4-10-18)20(23)25-19-11-7-17(22)8-12-19/h7-8,11-12,14-16,18,21-22H,1-6,9-10,13H2. The third kappa shape index (κ3) is 5.44. The number of aromatic hydroxyl groups is 1. The van der Waals surface area contributed by atoms with Crippen LogP contribution in [0.15, 0.2) is 24.3 Å². The van der Waals surface area contributed by atoms with Crippen molar-refractivity contribution >= 4 is 5.97 Å². The quantitative estimate of drug-likeness (QED) is 0.630. The first-order valence-electron chi connectivity index (χ1n) is 9.40. The Bertz CT molecular complexity index is 540. The number of aliphatic hydroxyl groups is 1. The number of esters is 1. The first-order chi connectivity index (χ1) is 12.1. The maximum atomic E-state index is 12.2. The second kappa shape index (κ2) is 8.68. The van der Waals surface area contributed by atoms with Gasteiger partial charge in [-0.25, -0.2) is 0 Å². The number of phenolic OH excluding ortho intramolecular Hbond substituents is 1. The number of ether oxygens (including phenoxy) is 2. The van der Waals surface area contributed by atoms with Crippen molar-refractivity contribution in [3.8, 4) is 11.5 Å². The van der Waals surface area contributed by atoms with E-state index in [9.17, 15) is 15.0 Å². The Morgan fingerprint density at radius 2 is 1.60 bits per heavy atom. The zero-order valence-electron chi connectivity index (χ0n) is 14.6. The highest BCUT2D eigenvalue weighted by molar-refractivity contribution is 5.75. The van der Waals surface area contributed by atoms with Crippen LogP contribution in [0.25, 0.3) is 0 Å². The van der Waals surface area contributed by atoms with Gasteiger partial charge in [0.05, 0.1) is 18.1 Å². The van der Waals surface area contributed by atoms with Crippen LogP contribution in [0.1, 0.15) is 51.4 Å². The molecular weight excluding hydrogens is 320 g/mol. The van der Waals surface area contributed by atoms with E-state index in [0.29, 0.717) is 11.7 Å². The van der Waals surface area contributed by atoms with Gasteiger partial charge in [-0.05, 0) is 81.5 Å². The Kier molecular flexibility index (Phi) is 6.32. The first kappa shape index (κ1) is 18.2. The van der Waals surface area contributed by atoms with Gasteiger partial charge in [-0.2, -0.15) is 0 Å². The molecule has 0 heterocycles. The highest BCUT2D eigenvalue weighted by Gasteiger charge is 2.29. The van der Waals surface area contributed by atoms with Crippen LogP contribution in [0.3, 0.4) is 0 Å². The van der Waals surface area contributed by atoms with E-state index in [1.54, 1.807) is 12.1 Å². The monoisotopic (exact) mass is 348 g/mol. The van der Waals surface area contributed by atoms with E-state index in [-0.39, 0.29) is 29.8 Å². The zero-order valence-corrected chi connectivity index (χ0v) is 14.6. The molecule has 0 spiro atoms. The lowest BCUT2D eigenvalue weighted by molar-refractivity contribution is -0.141. The van der Waals surface area contributed by atoms with Gasteiger partial charge in [0.1, 0.15) is 11.5 Å². The Balaban J connectivity index is 1.36. The molecule has 1 aromatic carbocycles. The van der Waals surface area contributed by atoms with Crippen molar-refractivity contribution in [3.63, 3.8) is 0 Å². The predicted molar refractivity (Wildman–Crippen MR) is 93.4 cm³/mol. The number of hydrogen-bond donors (Lipinski definition) is 2. The van der Waals surface area contributed by atoms with E-state index in [1.165, 1.54) is 12.1 Å². The van der Waals surface area contributed by atoms with Gasteiger partial charge in [0.15, 0.2) is 0 Å². The van der Waals surface area contributed by atoms with Crippen LogP contribution in [0, 0.1) is 11.8 Å². The lowest BCUT2D eigenvalue weighted by Crippen LogP contribution is -2.30. The molecule has 0 saturated heterocycles. The van der Waals surface area contributed by atoms with E-state index in [4.69, 9.17) is 9.47 Å². The maximum absolute atomic E-state index is 12.2. The summed E-state index contributed by atoms with van der Waals surface area (Å²) in [4.78, 5) is 12.2. The minimum Gasteiger partial charge on any atom is -0.508 e. The van der Waals surface area contributed by atoms with Crippen molar-refractivity contribution < 1.29 is 24.5 Å². The lowest BCUT2D eigenvalue weighted by Gasteiger charge is -2.30. The summed E-state index contributed by atoms with van der Waals surface area (Å²) < 4.78 is 11.5. The molecule has 0 amide bonds. The van der Waals surface area contributed by atoms with Gasteiger partial charge < -0.3 is 19.7 Å². The van der Waals surface area contributed by atoms with Crippen molar-refractivity contribution in [1.82, 2.24) is 0 Å². The molecule has 2 saturated carbocycles. The number of hydrogen-bond acceptors (Lipinski definition) is 5. The minimum atomic E-state index is -0.189. The molecule has 25 heavy (non-hydrogen) atoms. The predicted octanol–water partition coefficient (Wildman–Crippen LogP) is 3.42. The van der Waals surface area contributed by atoms with E-state index in [2.05, 4.69) is 0 Å². The summed E-state index contributed by atoms with van der Waals surface area (Å²) in [5.41, 5.74) is 0. The van der Waals surface area contributed by atoms with Crippen molar-refractivity contribution in [2.45, 2.75) is 63.6 Å². The average molecular weight is 348 g/mol. The van der Waals surface area contributed by atoms with Crippen molar-refractivity contribution in [1.29, 1.82) is 0 Å². The number of aliphatic hydroxyl groups excluding tert-OH is 1. The Morgan fingerprint density at radius 3 is 2.24 bits per heavy atom. The van der Waals surface area contributed by atoms with E-state index >= 15 is 0 Å². The summed E-state index contributed by atoms with van der Waals surface area (Å²) >= 11 is 0. The molecule has 2 aliphatic rings. The van der Waals surface area contributed by atoms with Gasteiger partial charge in [-0.3, -0.25) is 4.79 Å². The van der Waals surface area contributed by atoms with Gasteiger partial charge in [-0.1, -0.05) is 0 Å². The molecule has 0 radical (unpaired) electrons. The van der Waals surface area contributed by atoms with E-state index in [0.717, 1.165) is 58.0 Å². The van der Waals surface area contributed by atoms with Gasteiger partial charge in [0.25, 0.3) is 0 Å². The number of carbonyl (C=O) groups excluding carboxylic acids is 1. The molecule has 0 aromatic heterocycles. The molecule has 0 atom stereocenters. The van der Waals surface area contributed by atoms with Crippen molar-refractivity contribution in [2.24, 2.45) is 11.8 Å². The third-order valence-corrected chi connectivity index (χ3v) is 5.45. The summed E-state index contributed by atoms with van der Waals surface area (Å²) in [5.74, 6) is 0.940. The first-order valence-corrected chi connectivity index (χ1v) is 9.40. The minimum absolute atomic E-state index is 0.0709. The SMILES string of the molecule is O=C(Oc1ccc(O)cc1)C1CCC(OCC2CCC(O)CC2)CC1. The average Bonchev–Trinajstić information content (AvgIpc) is 2.63. The molecule has 1 aromatic rings. The molecule has 2 fully saturated rings. The summed E-state index contributed by atoms with van der Waals surface area (Å²) in [7, 11) is 0. The number of carbonyl (C=O) groups is 1. The van der Waals surface area contributed by atoms with Gasteiger partial charge >= 0.3 is 5.97 Å². The van der Waals surface area contributed by atoms with Crippen LogP contribution in [-0.4, -0.2) is 35.0 Å². The highest BCUT2D eigenvalue weighted by atomic mass is 16.5. The normalized spacial score (nSPS) is 30.0. The van der Waals surface area contributed by atoms with Gasteiger partial charge in [-0.15, -0.1) is 0 Å². The largest absolute Gasteiger partial charge is 0.508 e. The summed E-state index contributed by atoms with van der Waals surface area (Å²) in [6.45, 7) is 0.778. The molecule has 5 heteroatoms. The van der Waals surface area contributed by atoms with Crippen LogP contribution in [0.2, 0.25) is 0 Å². The van der Waals surface area contributed by atoms with Gasteiger partial charge in [0.2, 0.25) is 0 Å². The molecule has 0 bridgehead atoms. The van der Waals surface area contributed by atoms with Crippen molar-refractivity contribution in [2.75, 3.05) is 6.61 Å². The number of rotatable bonds is 5. The van der Waals surface area contributed by atoms with Crippen LogP contribution in [0.5, 0.6) is 11.5 Å². The summed E-state index contributed by atoms with van der Waals surface area (Å²) in [6, 6.07) is 6.22. The van der Waals surface area contributed by atoms with E-state index < -0.39 is 0 Å². The molecule has 0 aliphatic heterocycles. The van der Waals surface area contributed by atoms with Crippen LogP contribution >= 0.6 is 0 Å². The van der Waals surface area contributed by atoms with E-state index in [1.807, 2.05) is 0 Å². The zero-order chi connectivity index (χ0) is 17.6. The second-order valence-electron chi connectivity index (χ2n) is 7.40. The fourth-order valence-electron chi connectivity index (χ4n) is 3.76. The van der Waals surface area contributed by atoms with Gasteiger partial charge in [0, 0.05) is 6.61 Å². The Labute approximate surface area is 149 Å². The Hall–Kier alpha value is -1.59. The molecule has 2 aliphatic carbocycles. The molecule has 2 N–H and O–H groups in total.